The molecule has 6 heteroatoms. The summed E-state index contributed by atoms with van der Waals surface area (Å²) in [5.74, 6) is 0.601. The SMILES string of the molecule is CCOCOc1c(Cl)cc(Cl)cc1CNCCOC. The van der Waals surface area contributed by atoms with Gasteiger partial charge in [0.15, 0.2) is 6.79 Å². The van der Waals surface area contributed by atoms with Crippen LogP contribution in [-0.2, 0) is 16.0 Å². The molecule has 0 aliphatic heterocycles. The smallest absolute Gasteiger partial charge is 0.189 e. The minimum absolute atomic E-state index is 0.170. The molecule has 108 valence electrons. The lowest BCUT2D eigenvalue weighted by atomic mass is 10.2. The van der Waals surface area contributed by atoms with Crippen LogP contribution in [0.3, 0.4) is 0 Å². The van der Waals surface area contributed by atoms with E-state index in [0.29, 0.717) is 35.6 Å². The first kappa shape index (κ1) is 16.5. The number of rotatable bonds is 9. The van der Waals surface area contributed by atoms with Gasteiger partial charge in [0.25, 0.3) is 0 Å². The number of nitrogens with one attached hydrogen (secondary N) is 1. The zero-order valence-corrected chi connectivity index (χ0v) is 12.7. The van der Waals surface area contributed by atoms with E-state index in [2.05, 4.69) is 5.32 Å². The summed E-state index contributed by atoms with van der Waals surface area (Å²) in [6.45, 7) is 4.65. The highest BCUT2D eigenvalue weighted by Crippen LogP contribution is 2.32. The molecule has 0 unspecified atom stereocenters. The molecule has 1 rings (SSSR count). The van der Waals surface area contributed by atoms with Crippen molar-refractivity contribution >= 4 is 23.2 Å². The van der Waals surface area contributed by atoms with Crippen molar-refractivity contribution in [3.05, 3.63) is 27.7 Å². The molecule has 0 amide bonds. The van der Waals surface area contributed by atoms with Gasteiger partial charge in [0, 0.05) is 37.4 Å². The maximum Gasteiger partial charge on any atom is 0.189 e. The topological polar surface area (TPSA) is 39.7 Å². The maximum atomic E-state index is 6.14. The standard InChI is InChI=1S/C13H19Cl2NO3/c1-3-18-9-19-13-10(8-16-4-5-17-2)6-11(14)7-12(13)15/h6-7,16H,3-5,8-9H2,1-2H3. The van der Waals surface area contributed by atoms with Gasteiger partial charge in [-0.05, 0) is 19.1 Å². The van der Waals surface area contributed by atoms with Crippen molar-refractivity contribution in [2.24, 2.45) is 0 Å². The Morgan fingerprint density at radius 1 is 1.26 bits per heavy atom. The molecule has 0 spiro atoms. The summed E-state index contributed by atoms with van der Waals surface area (Å²) in [4.78, 5) is 0. The summed E-state index contributed by atoms with van der Waals surface area (Å²) in [6, 6.07) is 3.48. The monoisotopic (exact) mass is 307 g/mol. The molecular formula is C13H19Cl2NO3. The number of ether oxygens (including phenoxy) is 3. The Labute approximate surface area is 123 Å². The van der Waals surface area contributed by atoms with Crippen molar-refractivity contribution < 1.29 is 14.2 Å². The van der Waals surface area contributed by atoms with Crippen LogP contribution in [-0.4, -0.2) is 33.7 Å². The molecule has 0 aliphatic carbocycles. The molecule has 0 saturated heterocycles. The number of benzene rings is 1. The molecule has 4 nitrogen and oxygen atoms in total. The van der Waals surface area contributed by atoms with Gasteiger partial charge in [0.1, 0.15) is 5.75 Å². The molecule has 0 fully saturated rings. The van der Waals surface area contributed by atoms with Crippen molar-refractivity contribution in [1.82, 2.24) is 5.32 Å². The fourth-order valence-corrected chi connectivity index (χ4v) is 2.08. The minimum Gasteiger partial charge on any atom is -0.466 e. The van der Waals surface area contributed by atoms with Crippen LogP contribution in [0.1, 0.15) is 12.5 Å². The average Bonchev–Trinajstić information content (AvgIpc) is 2.37. The zero-order chi connectivity index (χ0) is 14.1. The molecule has 0 aromatic heterocycles. The fourth-order valence-electron chi connectivity index (χ4n) is 1.49. The van der Waals surface area contributed by atoms with Crippen LogP contribution in [0.4, 0.5) is 0 Å². The zero-order valence-electron chi connectivity index (χ0n) is 11.2. The maximum absolute atomic E-state index is 6.14. The van der Waals surface area contributed by atoms with Crippen LogP contribution >= 0.6 is 23.2 Å². The van der Waals surface area contributed by atoms with Crippen LogP contribution in [0.5, 0.6) is 5.75 Å². The number of halogens is 2. The normalized spacial score (nSPS) is 10.7. The lowest BCUT2D eigenvalue weighted by Gasteiger charge is -2.14. The first-order valence-electron chi connectivity index (χ1n) is 6.07. The highest BCUT2D eigenvalue weighted by Gasteiger charge is 2.10. The van der Waals surface area contributed by atoms with Crippen molar-refractivity contribution in [3.63, 3.8) is 0 Å². The summed E-state index contributed by atoms with van der Waals surface area (Å²) in [6.07, 6.45) is 0. The van der Waals surface area contributed by atoms with Gasteiger partial charge in [0.2, 0.25) is 0 Å². The summed E-state index contributed by atoms with van der Waals surface area (Å²) in [5.41, 5.74) is 0.897. The molecule has 0 heterocycles. The van der Waals surface area contributed by atoms with Gasteiger partial charge >= 0.3 is 0 Å². The molecule has 1 aromatic rings. The van der Waals surface area contributed by atoms with E-state index in [1.165, 1.54) is 0 Å². The molecule has 0 aliphatic rings. The largest absolute Gasteiger partial charge is 0.466 e. The summed E-state index contributed by atoms with van der Waals surface area (Å²) in [7, 11) is 1.66. The van der Waals surface area contributed by atoms with Crippen molar-refractivity contribution in [3.8, 4) is 5.75 Å². The van der Waals surface area contributed by atoms with E-state index in [-0.39, 0.29) is 6.79 Å². The van der Waals surface area contributed by atoms with Gasteiger partial charge < -0.3 is 19.5 Å². The predicted molar refractivity (Wildman–Crippen MR) is 77.2 cm³/mol. The lowest BCUT2D eigenvalue weighted by molar-refractivity contribution is 0.0218. The third kappa shape index (κ3) is 5.97. The van der Waals surface area contributed by atoms with Crippen molar-refractivity contribution in [2.45, 2.75) is 13.5 Å². The van der Waals surface area contributed by atoms with E-state index >= 15 is 0 Å². The van der Waals surface area contributed by atoms with Gasteiger partial charge in [-0.15, -0.1) is 0 Å². The first-order valence-corrected chi connectivity index (χ1v) is 6.82. The van der Waals surface area contributed by atoms with E-state index in [1.54, 1.807) is 13.2 Å². The Morgan fingerprint density at radius 3 is 2.74 bits per heavy atom. The second-order valence-corrected chi connectivity index (χ2v) is 4.64. The van der Waals surface area contributed by atoms with E-state index in [0.717, 1.165) is 12.1 Å². The number of hydrogen-bond acceptors (Lipinski definition) is 4. The summed E-state index contributed by atoms with van der Waals surface area (Å²) < 4.78 is 15.7. The quantitative estimate of drug-likeness (QED) is 0.562. The average molecular weight is 308 g/mol. The van der Waals surface area contributed by atoms with Gasteiger partial charge in [-0.3, -0.25) is 0 Å². The molecular weight excluding hydrogens is 289 g/mol. The first-order chi connectivity index (χ1) is 9.19. The number of methoxy groups -OCH3 is 1. The van der Waals surface area contributed by atoms with Gasteiger partial charge in [-0.1, -0.05) is 23.2 Å². The molecule has 1 aromatic carbocycles. The highest BCUT2D eigenvalue weighted by molar-refractivity contribution is 6.35. The Hall–Kier alpha value is -0.520. The molecule has 0 bridgehead atoms. The Morgan fingerprint density at radius 2 is 2.05 bits per heavy atom. The third-order valence-electron chi connectivity index (χ3n) is 2.37. The van der Waals surface area contributed by atoms with E-state index in [1.807, 2.05) is 13.0 Å². The minimum atomic E-state index is 0.170. The Balaban J connectivity index is 2.69. The predicted octanol–water partition coefficient (Wildman–Crippen LogP) is 3.10. The highest BCUT2D eigenvalue weighted by atomic mass is 35.5. The van der Waals surface area contributed by atoms with Crippen LogP contribution in [0.25, 0.3) is 0 Å². The second-order valence-electron chi connectivity index (χ2n) is 3.80. The summed E-state index contributed by atoms with van der Waals surface area (Å²) in [5, 5.41) is 4.29. The van der Waals surface area contributed by atoms with Crippen LogP contribution in [0.2, 0.25) is 10.0 Å². The molecule has 1 N–H and O–H groups in total. The van der Waals surface area contributed by atoms with Crippen LogP contribution in [0.15, 0.2) is 12.1 Å². The van der Waals surface area contributed by atoms with Gasteiger partial charge in [0.05, 0.1) is 11.6 Å². The Kier molecular flexibility index (Phi) is 8.18. The molecule has 19 heavy (non-hydrogen) atoms. The van der Waals surface area contributed by atoms with E-state index in [9.17, 15) is 0 Å². The van der Waals surface area contributed by atoms with Crippen LogP contribution in [0, 0.1) is 0 Å². The molecule has 0 saturated carbocycles. The third-order valence-corrected chi connectivity index (χ3v) is 2.87. The van der Waals surface area contributed by atoms with Crippen LogP contribution < -0.4 is 10.1 Å². The van der Waals surface area contributed by atoms with E-state index < -0.39 is 0 Å². The van der Waals surface area contributed by atoms with E-state index in [4.69, 9.17) is 37.4 Å². The lowest BCUT2D eigenvalue weighted by Crippen LogP contribution is -2.19. The molecule has 0 atom stereocenters. The van der Waals surface area contributed by atoms with Crippen molar-refractivity contribution in [1.29, 1.82) is 0 Å². The molecule has 0 radical (unpaired) electrons. The second kappa shape index (κ2) is 9.39. The number of hydrogen-bond donors (Lipinski definition) is 1. The van der Waals surface area contributed by atoms with Gasteiger partial charge in [-0.25, -0.2) is 0 Å². The Bertz CT molecular complexity index is 388. The van der Waals surface area contributed by atoms with Crippen molar-refractivity contribution in [2.75, 3.05) is 33.7 Å². The van der Waals surface area contributed by atoms with Gasteiger partial charge in [-0.2, -0.15) is 0 Å². The fraction of sp³-hybridized carbons (Fsp3) is 0.538. The summed E-state index contributed by atoms with van der Waals surface area (Å²) >= 11 is 12.1.